The van der Waals surface area contributed by atoms with Crippen LogP contribution in [-0.2, 0) is 10.0 Å². The molecule has 2 N–H and O–H groups in total. The van der Waals surface area contributed by atoms with E-state index in [1.807, 2.05) is 30.3 Å². The molecule has 1 saturated carbocycles. The van der Waals surface area contributed by atoms with Gasteiger partial charge in [-0.3, -0.25) is 0 Å². The molecular formula is C20H24N6O2S. The molecule has 4 rings (SSSR count). The van der Waals surface area contributed by atoms with Gasteiger partial charge in [0.05, 0.1) is 10.6 Å². The van der Waals surface area contributed by atoms with Crippen molar-refractivity contribution in [2.45, 2.75) is 43.0 Å². The van der Waals surface area contributed by atoms with Crippen molar-refractivity contribution in [1.29, 1.82) is 0 Å². The Morgan fingerprint density at radius 3 is 2.52 bits per heavy atom. The SMILES string of the molecule is CNS(=O)(=O)c1ccc(NC2CCCCC2)c(-c2nnn(-c3ccccc3)n2)c1. The number of para-hydroxylation sites is 1. The van der Waals surface area contributed by atoms with Gasteiger partial charge in [-0.25, -0.2) is 13.1 Å². The molecule has 1 aliphatic rings. The molecule has 152 valence electrons. The third kappa shape index (κ3) is 4.30. The average Bonchev–Trinajstić information content (AvgIpc) is 3.25. The van der Waals surface area contributed by atoms with Gasteiger partial charge in [-0.15, -0.1) is 15.0 Å². The molecule has 0 atom stereocenters. The monoisotopic (exact) mass is 412 g/mol. The highest BCUT2D eigenvalue weighted by Gasteiger charge is 2.21. The van der Waals surface area contributed by atoms with Gasteiger partial charge in [-0.1, -0.05) is 37.5 Å². The lowest BCUT2D eigenvalue weighted by atomic mass is 9.95. The lowest BCUT2D eigenvalue weighted by Crippen LogP contribution is -2.23. The summed E-state index contributed by atoms with van der Waals surface area (Å²) in [4.78, 5) is 1.61. The number of tetrazole rings is 1. The van der Waals surface area contributed by atoms with E-state index in [1.165, 1.54) is 31.1 Å². The summed E-state index contributed by atoms with van der Waals surface area (Å²) < 4.78 is 27.0. The molecule has 0 saturated heterocycles. The molecular weight excluding hydrogens is 388 g/mol. The summed E-state index contributed by atoms with van der Waals surface area (Å²) in [6.07, 6.45) is 5.85. The second kappa shape index (κ2) is 8.30. The Labute approximate surface area is 170 Å². The van der Waals surface area contributed by atoms with E-state index in [1.54, 1.807) is 18.2 Å². The smallest absolute Gasteiger partial charge is 0.240 e. The molecule has 0 radical (unpaired) electrons. The van der Waals surface area contributed by atoms with Crippen LogP contribution in [0.3, 0.4) is 0 Å². The van der Waals surface area contributed by atoms with Crippen LogP contribution >= 0.6 is 0 Å². The molecule has 8 nitrogen and oxygen atoms in total. The van der Waals surface area contributed by atoms with Crippen LogP contribution in [0.25, 0.3) is 17.1 Å². The first-order valence-corrected chi connectivity index (χ1v) is 11.2. The maximum Gasteiger partial charge on any atom is 0.240 e. The minimum absolute atomic E-state index is 0.167. The van der Waals surface area contributed by atoms with Crippen molar-refractivity contribution >= 4 is 15.7 Å². The van der Waals surface area contributed by atoms with E-state index in [2.05, 4.69) is 25.4 Å². The van der Waals surface area contributed by atoms with Crippen LogP contribution in [-0.4, -0.2) is 41.7 Å². The van der Waals surface area contributed by atoms with Crippen LogP contribution in [0.15, 0.2) is 53.4 Å². The standard InChI is InChI=1S/C20H24N6O2S/c1-21-29(27,28)17-12-13-19(22-15-8-4-2-5-9-15)18(14-17)20-23-25-26(24-20)16-10-6-3-7-11-16/h3,6-7,10-15,21-22H,2,4-5,8-9H2,1H3. The Kier molecular flexibility index (Phi) is 5.59. The van der Waals surface area contributed by atoms with Crippen LogP contribution in [0.5, 0.6) is 0 Å². The van der Waals surface area contributed by atoms with E-state index in [0.29, 0.717) is 17.4 Å². The molecule has 0 aliphatic heterocycles. The molecule has 29 heavy (non-hydrogen) atoms. The topological polar surface area (TPSA) is 102 Å². The van der Waals surface area contributed by atoms with Gasteiger partial charge in [0.1, 0.15) is 0 Å². The molecule has 1 aromatic heterocycles. The predicted molar refractivity (Wildman–Crippen MR) is 111 cm³/mol. The fraction of sp³-hybridized carbons (Fsp3) is 0.350. The van der Waals surface area contributed by atoms with Crippen molar-refractivity contribution < 1.29 is 8.42 Å². The van der Waals surface area contributed by atoms with Gasteiger partial charge in [0.2, 0.25) is 15.8 Å². The first kappa shape index (κ1) is 19.5. The molecule has 2 aromatic carbocycles. The van der Waals surface area contributed by atoms with Crippen LogP contribution in [0.2, 0.25) is 0 Å². The van der Waals surface area contributed by atoms with Gasteiger partial charge in [0.15, 0.2) is 0 Å². The van der Waals surface area contributed by atoms with Gasteiger partial charge in [0.25, 0.3) is 0 Å². The molecule has 0 amide bonds. The zero-order chi connectivity index (χ0) is 20.3. The fourth-order valence-corrected chi connectivity index (χ4v) is 4.33. The van der Waals surface area contributed by atoms with Crippen molar-refractivity contribution in [2.24, 2.45) is 0 Å². The number of sulfonamides is 1. The van der Waals surface area contributed by atoms with Crippen molar-refractivity contribution in [3.05, 3.63) is 48.5 Å². The van der Waals surface area contributed by atoms with E-state index >= 15 is 0 Å². The van der Waals surface area contributed by atoms with E-state index < -0.39 is 10.0 Å². The largest absolute Gasteiger partial charge is 0.382 e. The predicted octanol–water partition coefficient (Wildman–Crippen LogP) is 2.98. The third-order valence-corrected chi connectivity index (χ3v) is 6.59. The number of nitrogens with zero attached hydrogens (tertiary/aromatic N) is 4. The number of aromatic nitrogens is 4. The van der Waals surface area contributed by atoms with Crippen LogP contribution < -0.4 is 10.0 Å². The van der Waals surface area contributed by atoms with Gasteiger partial charge in [-0.05, 0) is 55.4 Å². The zero-order valence-electron chi connectivity index (χ0n) is 16.2. The number of benzene rings is 2. The molecule has 3 aromatic rings. The number of nitrogens with one attached hydrogen (secondary N) is 2. The lowest BCUT2D eigenvalue weighted by Gasteiger charge is -2.25. The summed E-state index contributed by atoms with van der Waals surface area (Å²) in [7, 11) is -2.19. The number of hydrogen-bond acceptors (Lipinski definition) is 6. The number of anilines is 1. The first-order chi connectivity index (χ1) is 14.1. The number of hydrogen-bond donors (Lipinski definition) is 2. The average molecular weight is 413 g/mol. The minimum atomic E-state index is -3.58. The first-order valence-electron chi connectivity index (χ1n) is 9.77. The van der Waals surface area contributed by atoms with Crippen LogP contribution in [0.1, 0.15) is 32.1 Å². The van der Waals surface area contributed by atoms with E-state index in [-0.39, 0.29) is 4.90 Å². The van der Waals surface area contributed by atoms with E-state index in [4.69, 9.17) is 0 Å². The molecule has 9 heteroatoms. The molecule has 0 bridgehead atoms. The molecule has 1 aliphatic carbocycles. The van der Waals surface area contributed by atoms with Gasteiger partial charge in [-0.2, -0.15) is 0 Å². The summed E-state index contributed by atoms with van der Waals surface area (Å²) in [5.74, 6) is 0.375. The van der Waals surface area contributed by atoms with Gasteiger partial charge in [0, 0.05) is 17.3 Å². The Morgan fingerprint density at radius 1 is 1.03 bits per heavy atom. The van der Waals surface area contributed by atoms with Gasteiger partial charge < -0.3 is 5.32 Å². The highest BCUT2D eigenvalue weighted by molar-refractivity contribution is 7.89. The quantitative estimate of drug-likeness (QED) is 0.645. The van der Waals surface area contributed by atoms with Crippen molar-refractivity contribution in [2.75, 3.05) is 12.4 Å². The van der Waals surface area contributed by atoms with Crippen LogP contribution in [0.4, 0.5) is 5.69 Å². The molecule has 1 heterocycles. The maximum absolute atomic E-state index is 12.3. The molecule has 0 unspecified atom stereocenters. The van der Waals surface area contributed by atoms with Gasteiger partial charge >= 0.3 is 0 Å². The molecule has 0 spiro atoms. The lowest BCUT2D eigenvalue weighted by molar-refractivity contribution is 0.463. The van der Waals surface area contributed by atoms with E-state index in [9.17, 15) is 8.42 Å². The minimum Gasteiger partial charge on any atom is -0.382 e. The number of rotatable bonds is 6. The summed E-state index contributed by atoms with van der Waals surface area (Å²) in [6, 6.07) is 14.8. The Bertz CT molecular complexity index is 1080. The van der Waals surface area contributed by atoms with Crippen molar-refractivity contribution in [3.8, 4) is 17.1 Å². The highest BCUT2D eigenvalue weighted by Crippen LogP contribution is 2.31. The second-order valence-electron chi connectivity index (χ2n) is 7.13. The Hall–Kier alpha value is -2.78. The van der Waals surface area contributed by atoms with Crippen molar-refractivity contribution in [1.82, 2.24) is 24.9 Å². The van der Waals surface area contributed by atoms with Crippen LogP contribution in [0, 0.1) is 0 Å². The zero-order valence-corrected chi connectivity index (χ0v) is 17.1. The second-order valence-corrected chi connectivity index (χ2v) is 9.02. The van der Waals surface area contributed by atoms with Crippen molar-refractivity contribution in [3.63, 3.8) is 0 Å². The van der Waals surface area contributed by atoms with E-state index in [0.717, 1.165) is 24.2 Å². The molecule has 1 fully saturated rings. The Morgan fingerprint density at radius 2 is 1.79 bits per heavy atom. The normalized spacial score (nSPS) is 15.3. The third-order valence-electron chi connectivity index (χ3n) is 5.18. The summed E-state index contributed by atoms with van der Waals surface area (Å²) in [6.45, 7) is 0. The summed E-state index contributed by atoms with van der Waals surface area (Å²) in [5.41, 5.74) is 2.22. The highest BCUT2D eigenvalue weighted by atomic mass is 32.2. The Balaban J connectivity index is 1.74. The summed E-state index contributed by atoms with van der Waals surface area (Å²) in [5, 5.41) is 16.4. The summed E-state index contributed by atoms with van der Waals surface area (Å²) >= 11 is 0. The maximum atomic E-state index is 12.3. The fourth-order valence-electron chi connectivity index (χ4n) is 3.58.